The van der Waals surface area contributed by atoms with Crippen LogP contribution in [0.2, 0.25) is 0 Å². The van der Waals surface area contributed by atoms with Gasteiger partial charge in [0.05, 0.1) is 25.5 Å². The van der Waals surface area contributed by atoms with Crippen LogP contribution in [0.25, 0.3) is 0 Å². The van der Waals surface area contributed by atoms with Crippen LogP contribution in [0.4, 0.5) is 5.69 Å². The first-order chi connectivity index (χ1) is 12.5. The Morgan fingerprint density at radius 2 is 2.00 bits per heavy atom. The van der Waals surface area contributed by atoms with Crippen molar-refractivity contribution in [2.24, 2.45) is 0 Å². The Kier molecular flexibility index (Phi) is 6.93. The molecule has 9 heteroatoms. The average molecular weight is 379 g/mol. The summed E-state index contributed by atoms with van der Waals surface area (Å²) in [6.07, 6.45) is 2.82. The number of carbonyl (C=O) groups is 1. The van der Waals surface area contributed by atoms with Gasteiger partial charge < -0.3 is 14.8 Å². The van der Waals surface area contributed by atoms with E-state index in [4.69, 9.17) is 9.47 Å². The van der Waals surface area contributed by atoms with E-state index in [-0.39, 0.29) is 22.7 Å². The molecule has 1 aromatic heterocycles. The highest BCUT2D eigenvalue weighted by Gasteiger charge is 2.23. The molecule has 0 fully saturated rings. The molecule has 1 amide bonds. The second-order valence-electron chi connectivity index (χ2n) is 5.13. The standard InChI is InChI=1S/C17H21N3O5S/c1-3-25-11-10-19-17(21)13-6-4-5-7-16(13)26(22,23)20-14-12-18-9-8-15(14)24-2/h4-9,12,20H,3,10-11H2,1-2H3,(H,19,21). The fourth-order valence-electron chi connectivity index (χ4n) is 2.20. The molecule has 2 rings (SSSR count). The second-order valence-corrected chi connectivity index (χ2v) is 6.78. The fourth-order valence-corrected chi connectivity index (χ4v) is 3.46. The predicted octanol–water partition coefficient (Wildman–Crippen LogP) is 1.66. The first kappa shape index (κ1) is 19.7. The zero-order valence-electron chi connectivity index (χ0n) is 14.6. The SMILES string of the molecule is CCOCCNC(=O)c1ccccc1S(=O)(=O)Nc1cnccc1OC. The van der Waals surface area contributed by atoms with Crippen molar-refractivity contribution < 1.29 is 22.7 Å². The van der Waals surface area contributed by atoms with Gasteiger partial charge in [-0.3, -0.25) is 14.5 Å². The molecule has 0 spiro atoms. The maximum Gasteiger partial charge on any atom is 0.262 e. The molecule has 140 valence electrons. The molecule has 0 atom stereocenters. The van der Waals surface area contributed by atoms with Crippen molar-refractivity contribution in [3.05, 3.63) is 48.3 Å². The minimum Gasteiger partial charge on any atom is -0.494 e. The lowest BCUT2D eigenvalue weighted by atomic mass is 10.2. The maximum atomic E-state index is 12.8. The largest absolute Gasteiger partial charge is 0.494 e. The van der Waals surface area contributed by atoms with Crippen molar-refractivity contribution >= 4 is 21.6 Å². The smallest absolute Gasteiger partial charge is 0.262 e. The van der Waals surface area contributed by atoms with Gasteiger partial charge in [0.1, 0.15) is 16.3 Å². The van der Waals surface area contributed by atoms with E-state index in [0.29, 0.717) is 19.0 Å². The lowest BCUT2D eigenvalue weighted by Crippen LogP contribution is -2.29. The van der Waals surface area contributed by atoms with E-state index in [1.807, 2.05) is 6.92 Å². The summed E-state index contributed by atoms with van der Waals surface area (Å²) in [5.41, 5.74) is 0.223. The Morgan fingerprint density at radius 3 is 2.73 bits per heavy atom. The van der Waals surface area contributed by atoms with E-state index < -0.39 is 15.9 Å². The summed E-state index contributed by atoms with van der Waals surface area (Å²) >= 11 is 0. The fraction of sp³-hybridized carbons (Fsp3) is 0.294. The monoisotopic (exact) mass is 379 g/mol. The third-order valence-corrected chi connectivity index (χ3v) is 4.83. The second kappa shape index (κ2) is 9.16. The Labute approximate surface area is 152 Å². The van der Waals surface area contributed by atoms with Crippen LogP contribution in [0.15, 0.2) is 47.6 Å². The van der Waals surface area contributed by atoms with E-state index in [0.717, 1.165) is 0 Å². The summed E-state index contributed by atoms with van der Waals surface area (Å²) in [7, 11) is -2.60. The van der Waals surface area contributed by atoms with Crippen LogP contribution in [0.5, 0.6) is 5.75 Å². The zero-order chi connectivity index (χ0) is 19.0. The van der Waals surface area contributed by atoms with Gasteiger partial charge in [0.25, 0.3) is 15.9 Å². The molecule has 0 bridgehead atoms. The molecule has 2 N–H and O–H groups in total. The highest BCUT2D eigenvalue weighted by Crippen LogP contribution is 2.26. The summed E-state index contributed by atoms with van der Waals surface area (Å²) < 4.78 is 38.2. The number of anilines is 1. The number of pyridine rings is 1. The summed E-state index contributed by atoms with van der Waals surface area (Å²) in [6, 6.07) is 7.49. The van der Waals surface area contributed by atoms with Gasteiger partial charge in [-0.25, -0.2) is 8.42 Å². The molecule has 0 aliphatic heterocycles. The van der Waals surface area contributed by atoms with Crippen molar-refractivity contribution in [1.82, 2.24) is 10.3 Å². The summed E-state index contributed by atoms with van der Waals surface area (Å²) in [4.78, 5) is 16.1. The number of benzene rings is 1. The minimum atomic E-state index is -4.02. The van der Waals surface area contributed by atoms with Crippen LogP contribution in [0, 0.1) is 0 Å². The molecule has 0 saturated carbocycles. The Bertz CT molecular complexity index is 855. The molecule has 0 radical (unpaired) electrons. The van der Waals surface area contributed by atoms with Crippen molar-refractivity contribution in [3.63, 3.8) is 0 Å². The minimum absolute atomic E-state index is 0.0411. The van der Waals surface area contributed by atoms with E-state index in [1.165, 1.54) is 37.7 Å². The normalized spacial score (nSPS) is 11.0. The van der Waals surface area contributed by atoms with Gasteiger partial charge >= 0.3 is 0 Å². The molecule has 1 heterocycles. The molecular weight excluding hydrogens is 358 g/mol. The number of methoxy groups -OCH3 is 1. The van der Waals surface area contributed by atoms with Crippen LogP contribution < -0.4 is 14.8 Å². The molecular formula is C17H21N3O5S. The van der Waals surface area contributed by atoms with Gasteiger partial charge in [0.2, 0.25) is 0 Å². The number of aromatic nitrogens is 1. The quantitative estimate of drug-likeness (QED) is 0.642. The zero-order valence-corrected chi connectivity index (χ0v) is 15.4. The molecule has 1 aromatic carbocycles. The van der Waals surface area contributed by atoms with Crippen molar-refractivity contribution in [2.75, 3.05) is 31.6 Å². The van der Waals surface area contributed by atoms with Gasteiger partial charge in [0, 0.05) is 25.4 Å². The van der Waals surface area contributed by atoms with Crippen molar-refractivity contribution in [2.45, 2.75) is 11.8 Å². The average Bonchev–Trinajstić information content (AvgIpc) is 2.65. The van der Waals surface area contributed by atoms with Crippen molar-refractivity contribution in [1.29, 1.82) is 0 Å². The Hall–Kier alpha value is -2.65. The molecule has 0 aliphatic carbocycles. The van der Waals surface area contributed by atoms with Gasteiger partial charge in [0.15, 0.2) is 0 Å². The number of hydrogen-bond donors (Lipinski definition) is 2. The number of nitrogens with one attached hydrogen (secondary N) is 2. The number of hydrogen-bond acceptors (Lipinski definition) is 6. The lowest BCUT2D eigenvalue weighted by molar-refractivity contribution is 0.0919. The van der Waals surface area contributed by atoms with Crippen LogP contribution >= 0.6 is 0 Å². The van der Waals surface area contributed by atoms with Crippen molar-refractivity contribution in [3.8, 4) is 5.75 Å². The number of sulfonamides is 1. The van der Waals surface area contributed by atoms with Crippen LogP contribution in [-0.2, 0) is 14.8 Å². The number of amides is 1. The van der Waals surface area contributed by atoms with Gasteiger partial charge in [-0.15, -0.1) is 0 Å². The molecule has 0 unspecified atom stereocenters. The first-order valence-corrected chi connectivity index (χ1v) is 9.43. The van der Waals surface area contributed by atoms with Crippen LogP contribution in [0.1, 0.15) is 17.3 Å². The van der Waals surface area contributed by atoms with Crippen LogP contribution in [-0.4, -0.2) is 46.2 Å². The molecule has 2 aromatic rings. The summed E-state index contributed by atoms with van der Waals surface area (Å²) in [5, 5.41) is 2.64. The number of ether oxygens (including phenoxy) is 2. The maximum absolute atomic E-state index is 12.8. The predicted molar refractivity (Wildman–Crippen MR) is 96.9 cm³/mol. The van der Waals surface area contributed by atoms with Gasteiger partial charge in [-0.2, -0.15) is 0 Å². The van der Waals surface area contributed by atoms with Crippen LogP contribution in [0.3, 0.4) is 0 Å². The van der Waals surface area contributed by atoms with Gasteiger partial charge in [-0.05, 0) is 19.1 Å². The van der Waals surface area contributed by atoms with E-state index in [2.05, 4.69) is 15.0 Å². The third-order valence-electron chi connectivity index (χ3n) is 3.40. The number of carbonyl (C=O) groups excluding carboxylic acids is 1. The van der Waals surface area contributed by atoms with Gasteiger partial charge in [-0.1, -0.05) is 12.1 Å². The van der Waals surface area contributed by atoms with E-state index in [9.17, 15) is 13.2 Å². The third kappa shape index (κ3) is 4.93. The summed E-state index contributed by atoms with van der Waals surface area (Å²) in [5.74, 6) is -0.175. The molecule has 0 saturated heterocycles. The Morgan fingerprint density at radius 1 is 1.23 bits per heavy atom. The van der Waals surface area contributed by atoms with E-state index >= 15 is 0 Å². The first-order valence-electron chi connectivity index (χ1n) is 7.95. The highest BCUT2D eigenvalue weighted by atomic mass is 32.2. The topological polar surface area (TPSA) is 107 Å². The molecule has 26 heavy (non-hydrogen) atoms. The van der Waals surface area contributed by atoms with E-state index in [1.54, 1.807) is 12.1 Å². The molecule has 0 aliphatic rings. The summed E-state index contributed by atoms with van der Waals surface area (Å²) in [6.45, 7) is 3.02. The Balaban J connectivity index is 2.25. The number of nitrogens with zero attached hydrogens (tertiary/aromatic N) is 1. The molecule has 8 nitrogen and oxygen atoms in total. The lowest BCUT2D eigenvalue weighted by Gasteiger charge is -2.14. The number of rotatable bonds is 9. The highest BCUT2D eigenvalue weighted by molar-refractivity contribution is 7.92.